The molecule has 1 aromatic rings. The molecule has 0 bridgehead atoms. The van der Waals surface area contributed by atoms with Crippen LogP contribution in [0.3, 0.4) is 0 Å². The SMILES string of the molecule is Cc1cccc(/C=C/C(=O)N2CCCC2)c1. The maximum atomic E-state index is 11.7. The molecular weight excluding hydrogens is 198 g/mol. The summed E-state index contributed by atoms with van der Waals surface area (Å²) in [6.45, 7) is 3.88. The number of carbonyl (C=O) groups is 1. The smallest absolute Gasteiger partial charge is 0.246 e. The van der Waals surface area contributed by atoms with Crippen molar-refractivity contribution < 1.29 is 4.79 Å². The van der Waals surface area contributed by atoms with Crippen LogP contribution in [0, 0.1) is 6.92 Å². The number of aryl methyl sites for hydroxylation is 1. The molecule has 1 aliphatic rings. The quantitative estimate of drug-likeness (QED) is 0.694. The average Bonchev–Trinajstić information content (AvgIpc) is 2.79. The predicted octanol–water partition coefficient (Wildman–Crippen LogP) is 2.63. The molecule has 1 saturated heterocycles. The molecule has 1 fully saturated rings. The van der Waals surface area contributed by atoms with Crippen molar-refractivity contribution in [3.63, 3.8) is 0 Å². The van der Waals surface area contributed by atoms with Crippen LogP contribution in [0.1, 0.15) is 24.0 Å². The van der Waals surface area contributed by atoms with Crippen LogP contribution in [0.25, 0.3) is 6.08 Å². The van der Waals surface area contributed by atoms with E-state index in [4.69, 9.17) is 0 Å². The number of rotatable bonds is 2. The van der Waals surface area contributed by atoms with Crippen molar-refractivity contribution in [1.29, 1.82) is 0 Å². The highest BCUT2D eigenvalue weighted by Crippen LogP contribution is 2.10. The van der Waals surface area contributed by atoms with Gasteiger partial charge in [0.1, 0.15) is 0 Å². The summed E-state index contributed by atoms with van der Waals surface area (Å²) in [7, 11) is 0. The van der Waals surface area contributed by atoms with Crippen molar-refractivity contribution in [1.82, 2.24) is 4.90 Å². The number of benzene rings is 1. The topological polar surface area (TPSA) is 20.3 Å². The molecule has 0 radical (unpaired) electrons. The summed E-state index contributed by atoms with van der Waals surface area (Å²) in [5.74, 6) is 0.138. The maximum absolute atomic E-state index is 11.7. The summed E-state index contributed by atoms with van der Waals surface area (Å²) in [5, 5.41) is 0. The van der Waals surface area contributed by atoms with Gasteiger partial charge in [0.25, 0.3) is 0 Å². The number of hydrogen-bond donors (Lipinski definition) is 0. The summed E-state index contributed by atoms with van der Waals surface area (Å²) in [6.07, 6.45) is 5.86. The van der Waals surface area contributed by atoms with Gasteiger partial charge in [0.15, 0.2) is 0 Å². The van der Waals surface area contributed by atoms with E-state index in [1.807, 2.05) is 23.1 Å². The normalized spacial score (nSPS) is 15.9. The summed E-state index contributed by atoms with van der Waals surface area (Å²) >= 11 is 0. The summed E-state index contributed by atoms with van der Waals surface area (Å²) in [5.41, 5.74) is 2.31. The standard InChI is InChI=1S/C14H17NO/c1-12-5-4-6-13(11-12)7-8-14(16)15-9-2-3-10-15/h4-8,11H,2-3,9-10H2,1H3/b8-7+. The molecule has 1 aliphatic heterocycles. The molecule has 0 unspecified atom stereocenters. The van der Waals surface area contributed by atoms with Crippen LogP contribution in [-0.2, 0) is 4.79 Å². The van der Waals surface area contributed by atoms with Crippen molar-refractivity contribution in [3.8, 4) is 0 Å². The molecule has 0 aliphatic carbocycles. The zero-order valence-electron chi connectivity index (χ0n) is 9.65. The van der Waals surface area contributed by atoms with Gasteiger partial charge >= 0.3 is 0 Å². The first-order valence-corrected chi connectivity index (χ1v) is 5.79. The number of likely N-dealkylation sites (tertiary alicyclic amines) is 1. The van der Waals surface area contributed by atoms with Gasteiger partial charge in [-0.15, -0.1) is 0 Å². The Kier molecular flexibility index (Phi) is 3.40. The highest BCUT2D eigenvalue weighted by molar-refractivity contribution is 5.91. The first-order valence-electron chi connectivity index (χ1n) is 5.79. The fourth-order valence-corrected chi connectivity index (χ4v) is 1.98. The van der Waals surface area contributed by atoms with Crippen molar-refractivity contribution in [2.45, 2.75) is 19.8 Å². The second-order valence-electron chi connectivity index (χ2n) is 4.28. The molecule has 2 rings (SSSR count). The van der Waals surface area contributed by atoms with Crippen molar-refractivity contribution >= 4 is 12.0 Å². The lowest BCUT2D eigenvalue weighted by Crippen LogP contribution is -2.25. The van der Waals surface area contributed by atoms with Gasteiger partial charge in [-0.2, -0.15) is 0 Å². The number of hydrogen-bond acceptors (Lipinski definition) is 1. The Morgan fingerprint density at radius 3 is 2.75 bits per heavy atom. The Morgan fingerprint density at radius 1 is 1.31 bits per heavy atom. The van der Waals surface area contributed by atoms with E-state index in [0.717, 1.165) is 31.5 Å². The predicted molar refractivity (Wildman–Crippen MR) is 66.0 cm³/mol. The second-order valence-corrected chi connectivity index (χ2v) is 4.28. The largest absolute Gasteiger partial charge is 0.339 e. The Labute approximate surface area is 96.6 Å². The van der Waals surface area contributed by atoms with Crippen LogP contribution in [0.2, 0.25) is 0 Å². The van der Waals surface area contributed by atoms with Gasteiger partial charge in [0, 0.05) is 19.2 Å². The van der Waals surface area contributed by atoms with E-state index in [1.54, 1.807) is 6.08 Å². The van der Waals surface area contributed by atoms with Gasteiger partial charge in [-0.1, -0.05) is 29.8 Å². The molecule has 84 valence electrons. The lowest BCUT2D eigenvalue weighted by atomic mass is 10.1. The molecular formula is C14H17NO. The van der Waals surface area contributed by atoms with Gasteiger partial charge in [0.2, 0.25) is 5.91 Å². The summed E-state index contributed by atoms with van der Waals surface area (Å²) < 4.78 is 0. The fourth-order valence-electron chi connectivity index (χ4n) is 1.98. The van der Waals surface area contributed by atoms with Gasteiger partial charge in [-0.25, -0.2) is 0 Å². The van der Waals surface area contributed by atoms with Gasteiger partial charge < -0.3 is 4.90 Å². The number of nitrogens with zero attached hydrogens (tertiary/aromatic N) is 1. The van der Waals surface area contributed by atoms with Crippen LogP contribution >= 0.6 is 0 Å². The van der Waals surface area contributed by atoms with E-state index in [9.17, 15) is 4.79 Å². The van der Waals surface area contributed by atoms with Crippen LogP contribution in [0.5, 0.6) is 0 Å². The average molecular weight is 215 g/mol. The van der Waals surface area contributed by atoms with Crippen LogP contribution in [0.4, 0.5) is 0 Å². The highest BCUT2D eigenvalue weighted by Gasteiger charge is 2.14. The lowest BCUT2D eigenvalue weighted by molar-refractivity contribution is -0.124. The Bertz CT molecular complexity index is 403. The van der Waals surface area contributed by atoms with Crippen LogP contribution < -0.4 is 0 Å². The van der Waals surface area contributed by atoms with E-state index in [-0.39, 0.29) is 5.91 Å². The lowest BCUT2D eigenvalue weighted by Gasteiger charge is -2.11. The van der Waals surface area contributed by atoms with Crippen molar-refractivity contribution in [2.24, 2.45) is 0 Å². The zero-order valence-corrected chi connectivity index (χ0v) is 9.65. The van der Waals surface area contributed by atoms with Gasteiger partial charge in [0.05, 0.1) is 0 Å². The van der Waals surface area contributed by atoms with E-state index in [2.05, 4.69) is 19.1 Å². The molecule has 1 aromatic carbocycles. The monoisotopic (exact) mass is 215 g/mol. The molecule has 16 heavy (non-hydrogen) atoms. The third kappa shape index (κ3) is 2.72. The Hall–Kier alpha value is -1.57. The minimum atomic E-state index is 0.138. The zero-order chi connectivity index (χ0) is 11.4. The maximum Gasteiger partial charge on any atom is 0.246 e. The van der Waals surface area contributed by atoms with E-state index >= 15 is 0 Å². The molecule has 0 atom stereocenters. The Morgan fingerprint density at radius 2 is 2.06 bits per heavy atom. The van der Waals surface area contributed by atoms with Crippen LogP contribution in [-0.4, -0.2) is 23.9 Å². The summed E-state index contributed by atoms with van der Waals surface area (Å²) in [6, 6.07) is 8.16. The van der Waals surface area contributed by atoms with E-state index in [1.165, 1.54) is 5.56 Å². The van der Waals surface area contributed by atoms with Crippen molar-refractivity contribution in [2.75, 3.05) is 13.1 Å². The first kappa shape index (κ1) is 10.9. The Balaban J connectivity index is 2.00. The molecule has 1 heterocycles. The molecule has 2 nitrogen and oxygen atoms in total. The molecule has 1 amide bonds. The van der Waals surface area contributed by atoms with E-state index < -0.39 is 0 Å². The molecule has 0 aromatic heterocycles. The van der Waals surface area contributed by atoms with E-state index in [0.29, 0.717) is 0 Å². The molecule has 2 heteroatoms. The van der Waals surface area contributed by atoms with Gasteiger partial charge in [-0.3, -0.25) is 4.79 Å². The fraction of sp³-hybridized carbons (Fsp3) is 0.357. The third-order valence-corrected chi connectivity index (χ3v) is 2.88. The molecule has 0 saturated carbocycles. The number of amides is 1. The van der Waals surface area contributed by atoms with Crippen molar-refractivity contribution in [3.05, 3.63) is 41.5 Å². The highest BCUT2D eigenvalue weighted by atomic mass is 16.2. The molecule has 0 spiro atoms. The second kappa shape index (κ2) is 4.97. The summed E-state index contributed by atoms with van der Waals surface area (Å²) in [4.78, 5) is 13.7. The molecule has 0 N–H and O–H groups in total. The third-order valence-electron chi connectivity index (χ3n) is 2.88. The van der Waals surface area contributed by atoms with Gasteiger partial charge in [-0.05, 0) is 31.4 Å². The minimum absolute atomic E-state index is 0.138. The first-order chi connectivity index (χ1) is 7.75. The number of carbonyl (C=O) groups excluding carboxylic acids is 1. The minimum Gasteiger partial charge on any atom is -0.339 e. The van der Waals surface area contributed by atoms with Crippen LogP contribution in [0.15, 0.2) is 30.3 Å².